The van der Waals surface area contributed by atoms with Gasteiger partial charge in [0.05, 0.1) is 11.3 Å². The highest BCUT2D eigenvalue weighted by molar-refractivity contribution is 8.00. The lowest BCUT2D eigenvalue weighted by Gasteiger charge is -2.24. The van der Waals surface area contributed by atoms with Crippen LogP contribution in [0.3, 0.4) is 0 Å². The summed E-state index contributed by atoms with van der Waals surface area (Å²) in [5.41, 5.74) is -0.922. The Morgan fingerprint density at radius 1 is 1.28 bits per heavy atom. The number of ether oxygens (including phenoxy) is 1. The average molecular weight is 379 g/mol. The summed E-state index contributed by atoms with van der Waals surface area (Å²) in [6, 6.07) is 2.86. The van der Waals surface area contributed by atoms with Gasteiger partial charge in [0.1, 0.15) is 11.2 Å². The Hall–Kier alpha value is -1.28. The molecule has 1 saturated heterocycles. The van der Waals surface area contributed by atoms with E-state index in [9.17, 15) is 22.4 Å². The molecule has 0 saturated carbocycles. The van der Waals surface area contributed by atoms with E-state index in [0.29, 0.717) is 31.7 Å². The molecular formula is C17H21F4NO2S. The fourth-order valence-electron chi connectivity index (χ4n) is 2.57. The second kappa shape index (κ2) is 8.89. The van der Waals surface area contributed by atoms with Crippen LogP contribution in [0.1, 0.15) is 42.7 Å². The van der Waals surface area contributed by atoms with Gasteiger partial charge >= 0.3 is 6.18 Å². The third-order valence-electron chi connectivity index (χ3n) is 3.88. The van der Waals surface area contributed by atoms with Crippen LogP contribution in [-0.2, 0) is 15.7 Å². The summed E-state index contributed by atoms with van der Waals surface area (Å²) in [6.07, 6.45) is -2.07. The molecule has 0 aliphatic carbocycles. The van der Waals surface area contributed by atoms with Crippen molar-refractivity contribution < 1.29 is 27.1 Å². The Balaban J connectivity index is 2.00. The highest BCUT2D eigenvalue weighted by Crippen LogP contribution is 2.40. The lowest BCUT2D eigenvalue weighted by atomic mass is 10.1. The van der Waals surface area contributed by atoms with Crippen molar-refractivity contribution in [2.24, 2.45) is 0 Å². The van der Waals surface area contributed by atoms with Crippen molar-refractivity contribution in [3.05, 3.63) is 35.1 Å². The number of thioether (sulfide) groups is 1. The van der Waals surface area contributed by atoms with Crippen LogP contribution in [-0.4, -0.2) is 36.3 Å². The van der Waals surface area contributed by atoms with Crippen molar-refractivity contribution in [3.63, 3.8) is 0 Å². The molecule has 3 nitrogen and oxygen atoms in total. The minimum atomic E-state index is -4.73. The van der Waals surface area contributed by atoms with E-state index in [0.717, 1.165) is 25.0 Å². The molecule has 8 heteroatoms. The zero-order chi connectivity index (χ0) is 18.4. The molecule has 0 radical (unpaired) electrons. The topological polar surface area (TPSA) is 29.5 Å². The van der Waals surface area contributed by atoms with Crippen LogP contribution in [0, 0.1) is 5.82 Å². The largest absolute Gasteiger partial charge is 0.419 e. The summed E-state index contributed by atoms with van der Waals surface area (Å²) >= 11 is 1.29. The molecule has 1 atom stereocenters. The summed E-state index contributed by atoms with van der Waals surface area (Å²) in [6.45, 7) is 3.69. The Bertz CT molecular complexity index is 595. The number of hydrogen-bond donors (Lipinski definition) is 0. The quantitative estimate of drug-likeness (QED) is 0.487. The number of carbonyl (C=O) groups is 1. The van der Waals surface area contributed by atoms with Gasteiger partial charge in [-0.1, -0.05) is 19.4 Å². The summed E-state index contributed by atoms with van der Waals surface area (Å²) in [7, 11) is 0. The Labute approximate surface area is 148 Å². The number of benzene rings is 1. The van der Waals surface area contributed by atoms with Crippen molar-refractivity contribution in [2.75, 3.05) is 25.5 Å². The van der Waals surface area contributed by atoms with E-state index >= 15 is 0 Å². The molecule has 2 rings (SSSR count). The summed E-state index contributed by atoms with van der Waals surface area (Å²) in [4.78, 5) is 13.6. The zero-order valence-electron chi connectivity index (χ0n) is 13.9. The van der Waals surface area contributed by atoms with Gasteiger partial charge in [-0.2, -0.15) is 13.2 Å². The third kappa shape index (κ3) is 5.34. The van der Waals surface area contributed by atoms with Crippen LogP contribution < -0.4 is 0 Å². The van der Waals surface area contributed by atoms with Crippen LogP contribution >= 0.6 is 11.8 Å². The first-order valence-corrected chi connectivity index (χ1v) is 9.25. The van der Waals surface area contributed by atoms with Crippen LogP contribution in [0.4, 0.5) is 17.6 Å². The number of hydrogen-bond acceptors (Lipinski definition) is 3. The Kier molecular flexibility index (Phi) is 7.13. The fraction of sp³-hybridized carbons (Fsp3) is 0.588. The second-order valence-electron chi connectivity index (χ2n) is 5.81. The number of carbonyl (C=O) groups excluding carboxylic acids is 1. The molecule has 0 N–H and O–H groups in total. The van der Waals surface area contributed by atoms with Gasteiger partial charge in [0, 0.05) is 19.8 Å². The van der Waals surface area contributed by atoms with Gasteiger partial charge < -0.3 is 9.64 Å². The van der Waals surface area contributed by atoms with Crippen molar-refractivity contribution >= 4 is 17.7 Å². The first kappa shape index (κ1) is 20.0. The van der Waals surface area contributed by atoms with Gasteiger partial charge in [-0.25, -0.2) is 4.39 Å². The lowest BCUT2D eigenvalue weighted by Crippen LogP contribution is -2.30. The van der Waals surface area contributed by atoms with Gasteiger partial charge in [-0.05, 0) is 30.5 Å². The van der Waals surface area contributed by atoms with E-state index < -0.39 is 22.9 Å². The van der Waals surface area contributed by atoms with Crippen LogP contribution in [0.15, 0.2) is 18.2 Å². The van der Waals surface area contributed by atoms with Crippen LogP contribution in [0.2, 0.25) is 0 Å². The molecule has 0 bridgehead atoms. The monoisotopic (exact) mass is 379 g/mol. The SMILES string of the molecule is CCCCOCCCN1C(=O)CSC1c1ccc(C(F)(F)F)c(F)c1. The molecule has 1 aromatic rings. The first-order valence-electron chi connectivity index (χ1n) is 8.20. The van der Waals surface area contributed by atoms with Gasteiger partial charge in [-0.15, -0.1) is 11.8 Å². The van der Waals surface area contributed by atoms with E-state index in [-0.39, 0.29) is 11.7 Å². The van der Waals surface area contributed by atoms with Gasteiger partial charge in [0.2, 0.25) is 5.91 Å². The molecule has 0 spiro atoms. The smallest absolute Gasteiger partial charge is 0.381 e. The van der Waals surface area contributed by atoms with E-state index in [1.54, 1.807) is 4.90 Å². The molecule has 1 aromatic carbocycles. The normalized spacial score (nSPS) is 18.2. The van der Waals surface area contributed by atoms with Crippen LogP contribution in [0.5, 0.6) is 0 Å². The number of alkyl halides is 3. The van der Waals surface area contributed by atoms with E-state index in [1.165, 1.54) is 17.8 Å². The van der Waals surface area contributed by atoms with Crippen LogP contribution in [0.25, 0.3) is 0 Å². The molecule has 1 aliphatic heterocycles. The van der Waals surface area contributed by atoms with Crippen molar-refractivity contribution in [2.45, 2.75) is 37.7 Å². The highest BCUT2D eigenvalue weighted by atomic mass is 32.2. The maximum Gasteiger partial charge on any atom is 0.419 e. The number of unbranched alkanes of at least 4 members (excludes halogenated alkanes) is 1. The number of halogens is 4. The predicted octanol–water partition coefficient (Wildman–Crippen LogP) is 4.63. The molecule has 1 unspecified atom stereocenters. The van der Waals surface area contributed by atoms with Gasteiger partial charge in [0.15, 0.2) is 0 Å². The number of rotatable bonds is 8. The van der Waals surface area contributed by atoms with E-state index in [2.05, 4.69) is 6.92 Å². The lowest BCUT2D eigenvalue weighted by molar-refractivity contribution is -0.140. The summed E-state index contributed by atoms with van der Waals surface area (Å²) in [5.74, 6) is -1.17. The number of nitrogens with zero attached hydrogens (tertiary/aromatic N) is 1. The Morgan fingerprint density at radius 3 is 2.64 bits per heavy atom. The van der Waals surface area contributed by atoms with Gasteiger partial charge in [-0.3, -0.25) is 4.79 Å². The molecule has 1 amide bonds. The minimum Gasteiger partial charge on any atom is -0.381 e. The molecule has 25 heavy (non-hydrogen) atoms. The zero-order valence-corrected chi connectivity index (χ0v) is 14.8. The molecule has 1 aliphatic rings. The molecule has 0 aromatic heterocycles. The maximum absolute atomic E-state index is 13.8. The van der Waals surface area contributed by atoms with Crippen molar-refractivity contribution in [1.82, 2.24) is 4.90 Å². The molecule has 1 fully saturated rings. The number of amides is 1. The molecular weight excluding hydrogens is 358 g/mol. The highest BCUT2D eigenvalue weighted by Gasteiger charge is 2.36. The summed E-state index contributed by atoms with van der Waals surface area (Å²) < 4.78 is 57.2. The maximum atomic E-state index is 13.8. The average Bonchev–Trinajstić information content (AvgIpc) is 2.90. The fourth-order valence-corrected chi connectivity index (χ4v) is 3.78. The molecule has 1 heterocycles. The van der Waals surface area contributed by atoms with E-state index in [4.69, 9.17) is 4.74 Å². The predicted molar refractivity (Wildman–Crippen MR) is 88.7 cm³/mol. The third-order valence-corrected chi connectivity index (χ3v) is 5.14. The Morgan fingerprint density at radius 2 is 2.00 bits per heavy atom. The first-order chi connectivity index (χ1) is 11.8. The molecule has 140 valence electrons. The van der Waals surface area contributed by atoms with E-state index in [1.807, 2.05) is 0 Å². The van der Waals surface area contributed by atoms with Gasteiger partial charge in [0.25, 0.3) is 0 Å². The van der Waals surface area contributed by atoms with Crippen molar-refractivity contribution in [1.29, 1.82) is 0 Å². The van der Waals surface area contributed by atoms with Crippen molar-refractivity contribution in [3.8, 4) is 0 Å². The standard InChI is InChI=1S/C17H21F4NO2S/c1-2-3-8-24-9-4-7-22-15(23)11-25-16(22)12-5-6-13(14(18)10-12)17(19,20)21/h5-6,10,16H,2-4,7-9,11H2,1H3. The summed E-state index contributed by atoms with van der Waals surface area (Å²) in [5, 5.41) is -0.458. The minimum absolute atomic E-state index is 0.0936. The second-order valence-corrected chi connectivity index (χ2v) is 6.88.